The summed E-state index contributed by atoms with van der Waals surface area (Å²) in [6.07, 6.45) is 2.05. The second-order valence-electron chi connectivity index (χ2n) is 12.2. The molecule has 1 aromatic heterocycles. The van der Waals surface area contributed by atoms with Crippen molar-refractivity contribution in [2.45, 2.75) is 80.1 Å². The maximum atomic E-state index is 13.2. The molecule has 2 rings (SSSR count). The predicted octanol–water partition coefficient (Wildman–Crippen LogP) is 5.74. The highest BCUT2D eigenvalue weighted by atomic mass is 16.5. The fourth-order valence-electron chi connectivity index (χ4n) is 4.39. The van der Waals surface area contributed by atoms with Crippen molar-refractivity contribution in [3.8, 4) is 5.69 Å². The van der Waals surface area contributed by atoms with Gasteiger partial charge in [-0.05, 0) is 48.8 Å². The average molecular weight is 499 g/mol. The SMILES string of the molecule is COCCCN(CC(=O)Nc1cc(C(C)(C)C)nn1-c1cccc(C)c1)C(=O)CC(C)CC(C)(C)C. The molecule has 1 unspecified atom stereocenters. The van der Waals surface area contributed by atoms with Gasteiger partial charge in [-0.2, -0.15) is 5.10 Å². The number of anilines is 1. The van der Waals surface area contributed by atoms with Gasteiger partial charge in [-0.25, -0.2) is 4.68 Å². The Hall–Kier alpha value is -2.67. The van der Waals surface area contributed by atoms with E-state index < -0.39 is 0 Å². The number of carbonyl (C=O) groups excluding carboxylic acids is 2. The summed E-state index contributed by atoms with van der Waals surface area (Å²) in [5.41, 5.74) is 2.83. The summed E-state index contributed by atoms with van der Waals surface area (Å²) in [5.74, 6) is 0.600. The predicted molar refractivity (Wildman–Crippen MR) is 147 cm³/mol. The number of aryl methyl sites for hydroxylation is 1. The van der Waals surface area contributed by atoms with Crippen molar-refractivity contribution < 1.29 is 14.3 Å². The van der Waals surface area contributed by atoms with Gasteiger partial charge in [0.15, 0.2) is 0 Å². The third-order valence-corrected chi connectivity index (χ3v) is 5.94. The topological polar surface area (TPSA) is 76.5 Å². The number of nitrogens with one attached hydrogen (secondary N) is 1. The molecule has 36 heavy (non-hydrogen) atoms. The van der Waals surface area contributed by atoms with Crippen LogP contribution < -0.4 is 5.32 Å². The average Bonchev–Trinajstić information content (AvgIpc) is 3.16. The Morgan fingerprint density at radius 2 is 1.83 bits per heavy atom. The van der Waals surface area contributed by atoms with Crippen LogP contribution in [0.25, 0.3) is 5.69 Å². The first-order chi connectivity index (χ1) is 16.7. The zero-order valence-electron chi connectivity index (χ0n) is 23.8. The first-order valence-electron chi connectivity index (χ1n) is 12.9. The number of carbonyl (C=O) groups is 2. The van der Waals surface area contributed by atoms with Gasteiger partial charge >= 0.3 is 0 Å². The molecule has 1 atom stereocenters. The Kier molecular flexibility index (Phi) is 10.3. The third kappa shape index (κ3) is 9.41. The smallest absolute Gasteiger partial charge is 0.245 e. The molecule has 2 amide bonds. The van der Waals surface area contributed by atoms with E-state index in [1.54, 1.807) is 16.7 Å². The van der Waals surface area contributed by atoms with E-state index in [9.17, 15) is 9.59 Å². The van der Waals surface area contributed by atoms with Gasteiger partial charge in [0.25, 0.3) is 0 Å². The van der Waals surface area contributed by atoms with Gasteiger partial charge in [-0.1, -0.05) is 60.6 Å². The number of hydrogen-bond acceptors (Lipinski definition) is 4. The van der Waals surface area contributed by atoms with Gasteiger partial charge in [0.1, 0.15) is 5.82 Å². The third-order valence-electron chi connectivity index (χ3n) is 5.94. The highest BCUT2D eigenvalue weighted by molar-refractivity contribution is 5.94. The van der Waals surface area contributed by atoms with Crippen molar-refractivity contribution in [3.05, 3.63) is 41.6 Å². The monoisotopic (exact) mass is 498 g/mol. The molecule has 0 aliphatic heterocycles. The Morgan fingerprint density at radius 1 is 1.14 bits per heavy atom. The van der Waals surface area contributed by atoms with Crippen LogP contribution in [0.2, 0.25) is 0 Å². The van der Waals surface area contributed by atoms with Gasteiger partial charge < -0.3 is 15.0 Å². The van der Waals surface area contributed by atoms with Crippen LogP contribution in [0.5, 0.6) is 0 Å². The van der Waals surface area contributed by atoms with E-state index in [0.717, 1.165) is 23.4 Å². The molecular formula is C29H46N4O3. The van der Waals surface area contributed by atoms with Crippen LogP contribution in [-0.4, -0.2) is 53.3 Å². The second-order valence-corrected chi connectivity index (χ2v) is 12.2. The number of nitrogens with zero attached hydrogens (tertiary/aromatic N) is 3. The molecule has 2 aromatic rings. The molecule has 0 bridgehead atoms. The molecule has 7 nitrogen and oxygen atoms in total. The minimum absolute atomic E-state index is 0.000533. The fourth-order valence-corrected chi connectivity index (χ4v) is 4.39. The van der Waals surface area contributed by atoms with E-state index in [1.807, 2.05) is 37.3 Å². The summed E-state index contributed by atoms with van der Waals surface area (Å²) in [7, 11) is 1.64. The zero-order valence-corrected chi connectivity index (χ0v) is 23.8. The van der Waals surface area contributed by atoms with E-state index in [-0.39, 0.29) is 35.1 Å². The number of amides is 2. The number of aromatic nitrogens is 2. The standard InChI is InChI=1S/C29H46N4O3/c1-21-12-10-13-23(16-21)33-25(18-24(31-33)29(6,7)8)30-26(34)20-32(14-11-15-36-9)27(35)17-22(2)19-28(3,4)5/h10,12-13,16,18,22H,11,14-15,17,19-20H2,1-9H3,(H,30,34). The maximum Gasteiger partial charge on any atom is 0.245 e. The van der Waals surface area contributed by atoms with Crippen molar-refractivity contribution in [1.82, 2.24) is 14.7 Å². The summed E-state index contributed by atoms with van der Waals surface area (Å²) < 4.78 is 6.95. The molecule has 0 aliphatic rings. The first kappa shape index (κ1) is 29.6. The maximum absolute atomic E-state index is 13.2. The van der Waals surface area contributed by atoms with Gasteiger partial charge in [0.2, 0.25) is 11.8 Å². The minimum Gasteiger partial charge on any atom is -0.385 e. The first-order valence-corrected chi connectivity index (χ1v) is 12.9. The molecule has 200 valence electrons. The second kappa shape index (κ2) is 12.5. The van der Waals surface area contributed by atoms with Crippen LogP contribution in [0.15, 0.2) is 30.3 Å². The van der Waals surface area contributed by atoms with E-state index in [4.69, 9.17) is 9.84 Å². The van der Waals surface area contributed by atoms with E-state index >= 15 is 0 Å². The van der Waals surface area contributed by atoms with Crippen molar-refractivity contribution in [1.29, 1.82) is 0 Å². The van der Waals surface area contributed by atoms with Crippen LogP contribution in [0.3, 0.4) is 0 Å². The Balaban J connectivity index is 2.23. The largest absolute Gasteiger partial charge is 0.385 e. The van der Waals surface area contributed by atoms with Crippen LogP contribution in [0.4, 0.5) is 5.82 Å². The lowest BCUT2D eigenvalue weighted by atomic mass is 9.84. The highest BCUT2D eigenvalue weighted by Gasteiger charge is 2.25. The molecule has 0 saturated heterocycles. The van der Waals surface area contributed by atoms with Gasteiger partial charge in [-0.15, -0.1) is 0 Å². The normalized spacial score (nSPS) is 12.9. The molecule has 1 N–H and O–H groups in total. The molecule has 7 heteroatoms. The summed E-state index contributed by atoms with van der Waals surface area (Å²) >= 11 is 0. The van der Waals surface area contributed by atoms with Gasteiger partial charge in [0.05, 0.1) is 17.9 Å². The Morgan fingerprint density at radius 3 is 2.42 bits per heavy atom. The summed E-state index contributed by atoms with van der Waals surface area (Å²) in [6, 6.07) is 9.93. The molecule has 0 saturated carbocycles. The van der Waals surface area contributed by atoms with Crippen molar-refractivity contribution in [2.75, 3.05) is 32.1 Å². The van der Waals surface area contributed by atoms with Crippen LogP contribution in [-0.2, 0) is 19.7 Å². The number of methoxy groups -OCH3 is 1. The van der Waals surface area contributed by atoms with E-state index in [0.29, 0.717) is 31.8 Å². The lowest BCUT2D eigenvalue weighted by Crippen LogP contribution is -2.40. The lowest BCUT2D eigenvalue weighted by molar-refractivity contribution is -0.135. The lowest BCUT2D eigenvalue weighted by Gasteiger charge is -2.27. The molecule has 1 aromatic carbocycles. The molecule has 1 heterocycles. The number of hydrogen-bond donors (Lipinski definition) is 1. The fraction of sp³-hybridized carbons (Fsp3) is 0.621. The van der Waals surface area contributed by atoms with E-state index in [2.05, 4.69) is 53.8 Å². The molecular weight excluding hydrogens is 452 g/mol. The Bertz CT molecular complexity index is 1010. The van der Waals surface area contributed by atoms with Crippen molar-refractivity contribution in [3.63, 3.8) is 0 Å². The minimum atomic E-state index is -0.237. The van der Waals surface area contributed by atoms with E-state index in [1.165, 1.54) is 0 Å². The zero-order chi connectivity index (χ0) is 27.1. The highest BCUT2D eigenvalue weighted by Crippen LogP contribution is 2.28. The Labute approximate surface area is 217 Å². The quantitative estimate of drug-likeness (QED) is 0.401. The summed E-state index contributed by atoms with van der Waals surface area (Å²) in [4.78, 5) is 28.0. The summed E-state index contributed by atoms with van der Waals surface area (Å²) in [5, 5.41) is 7.82. The van der Waals surface area contributed by atoms with Crippen molar-refractivity contribution >= 4 is 17.6 Å². The van der Waals surface area contributed by atoms with Crippen LogP contribution in [0, 0.1) is 18.3 Å². The van der Waals surface area contributed by atoms with Gasteiger partial charge in [0, 0.05) is 38.2 Å². The van der Waals surface area contributed by atoms with Crippen LogP contribution >= 0.6 is 0 Å². The molecule has 0 fully saturated rings. The number of ether oxygens (including phenoxy) is 1. The summed E-state index contributed by atoms with van der Waals surface area (Å²) in [6.45, 7) is 18.0. The van der Waals surface area contributed by atoms with Crippen LogP contribution in [0.1, 0.15) is 79.0 Å². The number of benzene rings is 1. The molecule has 0 radical (unpaired) electrons. The molecule has 0 aliphatic carbocycles. The number of rotatable bonds is 11. The van der Waals surface area contributed by atoms with Crippen molar-refractivity contribution in [2.24, 2.45) is 11.3 Å². The molecule has 0 spiro atoms. The van der Waals surface area contributed by atoms with Gasteiger partial charge in [-0.3, -0.25) is 9.59 Å².